The van der Waals surface area contributed by atoms with Crippen molar-refractivity contribution in [3.8, 4) is 0 Å². The van der Waals surface area contributed by atoms with Gasteiger partial charge in [0.05, 0.1) is 12.7 Å². The van der Waals surface area contributed by atoms with E-state index in [9.17, 15) is 4.79 Å². The molecule has 5 nitrogen and oxygen atoms in total. The predicted molar refractivity (Wildman–Crippen MR) is 44.5 cm³/mol. The minimum absolute atomic E-state index is 0.0231. The first-order valence-corrected chi connectivity index (χ1v) is 3.98. The number of hydrazine groups is 1. The third kappa shape index (κ3) is 6.21. The van der Waals surface area contributed by atoms with E-state index >= 15 is 0 Å². The Morgan fingerprint density at radius 2 is 2.25 bits per heavy atom. The quantitative estimate of drug-likeness (QED) is 0.211. The zero-order chi connectivity index (χ0) is 9.56. The second-order valence-corrected chi connectivity index (χ2v) is 2.49. The summed E-state index contributed by atoms with van der Waals surface area (Å²) < 4.78 is 9.00. The number of epoxide rings is 1. The van der Waals surface area contributed by atoms with Crippen LogP contribution < -0.4 is 11.3 Å². The van der Waals surface area contributed by atoms with Crippen molar-refractivity contribution in [3.63, 3.8) is 0 Å². The van der Waals surface area contributed by atoms with Crippen molar-refractivity contribution in [2.45, 2.75) is 25.5 Å². The van der Waals surface area contributed by atoms with E-state index in [4.69, 9.17) is 11.6 Å². The fourth-order valence-corrected chi connectivity index (χ4v) is 0.495. The second-order valence-electron chi connectivity index (χ2n) is 2.06. The number of ether oxygens (including phenoxy) is 2. The van der Waals surface area contributed by atoms with Crippen molar-refractivity contribution in [2.75, 3.05) is 6.61 Å². The lowest BCUT2D eigenvalue weighted by atomic mass is 10.6. The first-order chi connectivity index (χ1) is 5.61. The van der Waals surface area contributed by atoms with Crippen molar-refractivity contribution in [1.29, 1.82) is 0 Å². The Bertz CT molecular complexity index is 139. The summed E-state index contributed by atoms with van der Waals surface area (Å²) in [6.45, 7) is 4.00. The first-order valence-electron chi connectivity index (χ1n) is 3.54. The molecule has 0 saturated carbocycles. The van der Waals surface area contributed by atoms with E-state index in [1.54, 1.807) is 12.3 Å². The number of hydrogen-bond donors (Lipinski definition) is 2. The maximum Gasteiger partial charge on any atom is 0.421 e. The van der Waals surface area contributed by atoms with Gasteiger partial charge in [-0.1, -0.05) is 11.6 Å². The van der Waals surface area contributed by atoms with Crippen LogP contribution in [0, 0.1) is 0 Å². The van der Waals surface area contributed by atoms with Gasteiger partial charge in [0.25, 0.3) is 0 Å². The van der Waals surface area contributed by atoms with Crippen LogP contribution in [0.5, 0.6) is 0 Å². The van der Waals surface area contributed by atoms with Crippen LogP contribution in [-0.4, -0.2) is 24.4 Å². The van der Waals surface area contributed by atoms with Gasteiger partial charge in [-0.3, -0.25) is 5.43 Å². The zero-order valence-electron chi connectivity index (χ0n) is 7.04. The Morgan fingerprint density at radius 3 is 2.33 bits per heavy atom. The van der Waals surface area contributed by atoms with Crippen LogP contribution in [0.2, 0.25) is 0 Å². The van der Waals surface area contributed by atoms with Crippen LogP contribution in [0.25, 0.3) is 0 Å². The van der Waals surface area contributed by atoms with Gasteiger partial charge in [-0.15, -0.1) is 0 Å². The summed E-state index contributed by atoms with van der Waals surface area (Å²) in [5.74, 6) is 4.63. The molecule has 1 heterocycles. The minimum atomic E-state index is -0.595. The van der Waals surface area contributed by atoms with Crippen LogP contribution in [-0.2, 0) is 9.47 Å². The lowest BCUT2D eigenvalue weighted by Gasteiger charge is -1.95. The number of nitrogens with two attached hydrogens (primary N) is 1. The van der Waals surface area contributed by atoms with Crippen molar-refractivity contribution < 1.29 is 14.3 Å². The standard InChI is InChI=1S/C3H5ClO.C3H8N2O2/c1-2-3(4)5-2;1-2-7-3(6)5-4/h2-3H,1H3;2,4H2,1H3,(H,5,6). The molecule has 72 valence electrons. The van der Waals surface area contributed by atoms with Gasteiger partial charge in [-0.2, -0.15) is 0 Å². The number of carbonyl (C=O) groups is 1. The molecule has 1 amide bonds. The van der Waals surface area contributed by atoms with Crippen molar-refractivity contribution in [3.05, 3.63) is 0 Å². The van der Waals surface area contributed by atoms with Gasteiger partial charge in [0.2, 0.25) is 0 Å². The Balaban J connectivity index is 0.000000211. The van der Waals surface area contributed by atoms with Gasteiger partial charge in [-0.05, 0) is 13.8 Å². The summed E-state index contributed by atoms with van der Waals surface area (Å²) in [7, 11) is 0. The van der Waals surface area contributed by atoms with Crippen LogP contribution in [0.1, 0.15) is 13.8 Å². The molecule has 1 aliphatic heterocycles. The van der Waals surface area contributed by atoms with Crippen LogP contribution in [0.15, 0.2) is 0 Å². The molecule has 0 aromatic heterocycles. The van der Waals surface area contributed by atoms with Gasteiger partial charge in [0.15, 0.2) is 5.56 Å². The first kappa shape index (κ1) is 11.5. The number of alkyl halides is 1. The third-order valence-electron chi connectivity index (χ3n) is 1.03. The number of hydrogen-bond acceptors (Lipinski definition) is 4. The molecule has 0 radical (unpaired) electrons. The van der Waals surface area contributed by atoms with E-state index < -0.39 is 6.09 Å². The zero-order valence-corrected chi connectivity index (χ0v) is 7.80. The lowest BCUT2D eigenvalue weighted by Crippen LogP contribution is -2.30. The fourth-order valence-electron chi connectivity index (χ4n) is 0.332. The van der Waals surface area contributed by atoms with Gasteiger partial charge in [0, 0.05) is 0 Å². The van der Waals surface area contributed by atoms with E-state index in [-0.39, 0.29) is 5.56 Å². The number of nitrogens with one attached hydrogen (secondary N) is 1. The molecule has 2 atom stereocenters. The normalized spacial score (nSPS) is 25.0. The van der Waals surface area contributed by atoms with Crippen LogP contribution in [0.4, 0.5) is 4.79 Å². The topological polar surface area (TPSA) is 76.9 Å². The van der Waals surface area contributed by atoms with Gasteiger partial charge in [0.1, 0.15) is 0 Å². The van der Waals surface area contributed by atoms with Crippen LogP contribution in [0.3, 0.4) is 0 Å². The van der Waals surface area contributed by atoms with Gasteiger partial charge in [-0.25, -0.2) is 10.6 Å². The average Bonchev–Trinajstić information content (AvgIpc) is 2.66. The number of rotatable bonds is 1. The van der Waals surface area contributed by atoms with Crippen molar-refractivity contribution in [2.24, 2.45) is 5.84 Å². The van der Waals surface area contributed by atoms with Crippen LogP contribution >= 0.6 is 11.6 Å². The Labute approximate surface area is 76.1 Å². The molecule has 1 saturated heterocycles. The molecule has 6 heteroatoms. The number of halogens is 1. The van der Waals surface area contributed by atoms with Crippen molar-refractivity contribution in [1.82, 2.24) is 5.43 Å². The molecule has 12 heavy (non-hydrogen) atoms. The SMILES string of the molecule is CC1OC1Cl.CCOC(=O)NN. The maximum atomic E-state index is 9.95. The molecule has 0 bridgehead atoms. The molecule has 1 rings (SSSR count). The van der Waals surface area contributed by atoms with Gasteiger partial charge >= 0.3 is 6.09 Å². The van der Waals surface area contributed by atoms with E-state index in [0.29, 0.717) is 12.7 Å². The van der Waals surface area contributed by atoms with Gasteiger partial charge < -0.3 is 9.47 Å². The maximum absolute atomic E-state index is 9.95. The van der Waals surface area contributed by atoms with E-state index in [0.717, 1.165) is 0 Å². The molecule has 1 fully saturated rings. The highest BCUT2D eigenvalue weighted by atomic mass is 35.5. The molecule has 0 aromatic carbocycles. The summed E-state index contributed by atoms with van der Waals surface area (Å²) in [6.07, 6.45) is -0.279. The molecular weight excluding hydrogens is 184 g/mol. The Morgan fingerprint density at radius 1 is 1.83 bits per heavy atom. The monoisotopic (exact) mass is 196 g/mol. The summed E-state index contributed by atoms with van der Waals surface area (Å²) in [6, 6.07) is 0. The summed E-state index contributed by atoms with van der Waals surface area (Å²) in [5, 5.41) is 0. The molecular formula is C6H13ClN2O3. The fraction of sp³-hybridized carbons (Fsp3) is 0.833. The predicted octanol–water partition coefficient (Wildman–Crippen LogP) is 0.576. The molecule has 2 unspecified atom stereocenters. The Hall–Kier alpha value is -0.520. The Kier molecular flexibility index (Phi) is 5.79. The summed E-state index contributed by atoms with van der Waals surface area (Å²) >= 11 is 5.31. The highest BCUT2D eigenvalue weighted by molar-refractivity contribution is 6.21. The molecule has 1 aliphatic rings. The average molecular weight is 197 g/mol. The molecule has 0 spiro atoms. The molecule has 3 N–H and O–H groups in total. The smallest absolute Gasteiger partial charge is 0.421 e. The van der Waals surface area contributed by atoms with E-state index in [2.05, 4.69) is 15.3 Å². The summed E-state index contributed by atoms with van der Waals surface area (Å²) in [4.78, 5) is 9.95. The number of amides is 1. The second kappa shape index (κ2) is 6.05. The number of carbonyl (C=O) groups excluding carboxylic acids is 1. The highest BCUT2D eigenvalue weighted by Gasteiger charge is 2.30. The molecule has 0 aliphatic carbocycles. The summed E-state index contributed by atoms with van der Waals surface area (Å²) in [5.41, 5.74) is 1.83. The minimum Gasteiger partial charge on any atom is -0.449 e. The molecule has 0 aromatic rings. The van der Waals surface area contributed by atoms with Crippen molar-refractivity contribution >= 4 is 17.7 Å². The highest BCUT2D eigenvalue weighted by Crippen LogP contribution is 2.23. The van der Waals surface area contributed by atoms with E-state index in [1.165, 1.54) is 0 Å². The largest absolute Gasteiger partial charge is 0.449 e. The lowest BCUT2D eigenvalue weighted by molar-refractivity contribution is 0.152. The van der Waals surface area contributed by atoms with E-state index in [1.807, 2.05) is 6.92 Å². The third-order valence-corrected chi connectivity index (χ3v) is 1.49.